The summed E-state index contributed by atoms with van der Waals surface area (Å²) in [6, 6.07) is 7.17. The number of nitrogens with one attached hydrogen (secondary N) is 1. The van der Waals surface area contributed by atoms with Crippen LogP contribution in [0.3, 0.4) is 0 Å². The highest BCUT2D eigenvalue weighted by molar-refractivity contribution is 6.30. The molecule has 124 valence electrons. The Morgan fingerprint density at radius 2 is 1.96 bits per heavy atom. The molecule has 2 amide bonds. The first-order valence-corrected chi connectivity index (χ1v) is 7.67. The van der Waals surface area contributed by atoms with Crippen molar-refractivity contribution in [2.75, 3.05) is 23.9 Å². The van der Waals surface area contributed by atoms with Gasteiger partial charge < -0.3 is 15.0 Å². The highest BCUT2D eigenvalue weighted by atomic mass is 35.5. The van der Waals surface area contributed by atoms with Crippen LogP contribution in [0.25, 0.3) is 0 Å². The van der Waals surface area contributed by atoms with Crippen molar-refractivity contribution >= 4 is 34.8 Å². The lowest BCUT2D eigenvalue weighted by molar-refractivity contribution is -0.122. The SMILES string of the molecule is COc1ncc(NC(=O)C2CC(=O)N(c3ccc(Cl)cc3)C2)cn1. The lowest BCUT2D eigenvalue weighted by atomic mass is 10.1. The molecule has 1 unspecified atom stereocenters. The molecular weight excluding hydrogens is 332 g/mol. The van der Waals surface area contributed by atoms with Gasteiger partial charge in [0.05, 0.1) is 31.1 Å². The van der Waals surface area contributed by atoms with E-state index < -0.39 is 5.92 Å². The minimum Gasteiger partial charge on any atom is -0.467 e. The zero-order valence-corrected chi connectivity index (χ0v) is 13.7. The van der Waals surface area contributed by atoms with Crippen molar-refractivity contribution in [3.8, 4) is 6.01 Å². The second-order valence-electron chi connectivity index (χ2n) is 5.33. The van der Waals surface area contributed by atoms with Crippen LogP contribution in [-0.2, 0) is 9.59 Å². The van der Waals surface area contributed by atoms with Crippen molar-refractivity contribution in [2.24, 2.45) is 5.92 Å². The number of ether oxygens (including phenoxy) is 1. The zero-order valence-electron chi connectivity index (χ0n) is 12.9. The average Bonchev–Trinajstić information content (AvgIpc) is 2.98. The smallest absolute Gasteiger partial charge is 0.316 e. The van der Waals surface area contributed by atoms with Gasteiger partial charge in [0.15, 0.2) is 0 Å². The summed E-state index contributed by atoms with van der Waals surface area (Å²) in [5, 5.41) is 3.31. The van der Waals surface area contributed by atoms with Gasteiger partial charge in [-0.25, -0.2) is 9.97 Å². The summed E-state index contributed by atoms with van der Waals surface area (Å²) in [5.74, 6) is -0.771. The summed E-state index contributed by atoms with van der Waals surface area (Å²) in [6.45, 7) is 0.323. The van der Waals surface area contributed by atoms with E-state index in [1.165, 1.54) is 19.5 Å². The van der Waals surface area contributed by atoms with Gasteiger partial charge in [0, 0.05) is 23.7 Å². The summed E-state index contributed by atoms with van der Waals surface area (Å²) < 4.78 is 4.86. The third-order valence-corrected chi connectivity index (χ3v) is 3.96. The second kappa shape index (κ2) is 6.84. The number of carbonyl (C=O) groups excluding carboxylic acids is 2. The monoisotopic (exact) mass is 346 g/mol. The maximum Gasteiger partial charge on any atom is 0.316 e. The van der Waals surface area contributed by atoms with Crippen LogP contribution in [0.5, 0.6) is 6.01 Å². The maximum absolute atomic E-state index is 12.3. The van der Waals surface area contributed by atoms with Crippen LogP contribution in [0.1, 0.15) is 6.42 Å². The highest BCUT2D eigenvalue weighted by Crippen LogP contribution is 2.27. The van der Waals surface area contributed by atoms with Crippen LogP contribution in [0.2, 0.25) is 5.02 Å². The predicted molar refractivity (Wildman–Crippen MR) is 89.1 cm³/mol. The number of halogens is 1. The second-order valence-corrected chi connectivity index (χ2v) is 5.77. The van der Waals surface area contributed by atoms with Crippen molar-refractivity contribution in [2.45, 2.75) is 6.42 Å². The van der Waals surface area contributed by atoms with E-state index in [1.807, 2.05) is 0 Å². The zero-order chi connectivity index (χ0) is 17.1. The molecule has 3 rings (SSSR count). The topological polar surface area (TPSA) is 84.4 Å². The van der Waals surface area contributed by atoms with Crippen LogP contribution in [0, 0.1) is 5.92 Å². The van der Waals surface area contributed by atoms with Gasteiger partial charge in [0.2, 0.25) is 11.8 Å². The molecule has 7 nitrogen and oxygen atoms in total. The molecule has 0 radical (unpaired) electrons. The standard InChI is InChI=1S/C16H15ClN4O3/c1-24-16-18-7-12(8-19-16)20-15(23)10-6-14(22)21(9-10)13-4-2-11(17)3-5-13/h2-5,7-8,10H,6,9H2,1H3,(H,20,23). The van der Waals surface area contributed by atoms with Crippen molar-refractivity contribution in [1.82, 2.24) is 9.97 Å². The Morgan fingerprint density at radius 3 is 2.58 bits per heavy atom. The molecule has 0 aliphatic carbocycles. The molecule has 1 atom stereocenters. The number of carbonyl (C=O) groups is 2. The quantitative estimate of drug-likeness (QED) is 0.916. The van der Waals surface area contributed by atoms with Gasteiger partial charge in [-0.2, -0.15) is 0 Å². The van der Waals surface area contributed by atoms with Gasteiger partial charge in [-0.1, -0.05) is 11.6 Å². The van der Waals surface area contributed by atoms with Gasteiger partial charge in [-0.3, -0.25) is 9.59 Å². The molecule has 0 bridgehead atoms. The number of rotatable bonds is 4. The molecule has 1 aromatic carbocycles. The lowest BCUT2D eigenvalue weighted by Crippen LogP contribution is -2.28. The third-order valence-electron chi connectivity index (χ3n) is 3.71. The van der Waals surface area contributed by atoms with Gasteiger partial charge in [-0.15, -0.1) is 0 Å². The van der Waals surface area contributed by atoms with Crippen molar-refractivity contribution < 1.29 is 14.3 Å². The van der Waals surface area contributed by atoms with E-state index in [-0.39, 0.29) is 24.2 Å². The van der Waals surface area contributed by atoms with E-state index >= 15 is 0 Å². The number of hydrogen-bond acceptors (Lipinski definition) is 5. The lowest BCUT2D eigenvalue weighted by Gasteiger charge is -2.16. The number of benzene rings is 1. The molecule has 1 aliphatic heterocycles. The summed E-state index contributed by atoms with van der Waals surface area (Å²) in [4.78, 5) is 34.0. The molecule has 1 aliphatic rings. The van der Waals surface area contributed by atoms with E-state index in [4.69, 9.17) is 16.3 Å². The average molecular weight is 347 g/mol. The van der Waals surface area contributed by atoms with E-state index in [0.717, 1.165) is 5.69 Å². The van der Waals surface area contributed by atoms with E-state index in [9.17, 15) is 9.59 Å². The molecule has 0 saturated carbocycles. The van der Waals surface area contributed by atoms with E-state index in [2.05, 4.69) is 15.3 Å². The fraction of sp³-hybridized carbons (Fsp3) is 0.250. The minimum atomic E-state index is -0.435. The summed E-state index contributed by atoms with van der Waals surface area (Å²) in [6.07, 6.45) is 3.07. The largest absolute Gasteiger partial charge is 0.467 e. The molecule has 8 heteroatoms. The summed E-state index contributed by atoms with van der Waals surface area (Å²) in [5.41, 5.74) is 1.19. The molecule has 2 heterocycles. The molecule has 2 aromatic rings. The Balaban J connectivity index is 1.66. The first-order chi connectivity index (χ1) is 11.6. The summed E-state index contributed by atoms with van der Waals surface area (Å²) in [7, 11) is 1.46. The molecule has 24 heavy (non-hydrogen) atoms. The van der Waals surface area contributed by atoms with Gasteiger partial charge in [0.1, 0.15) is 0 Å². The van der Waals surface area contributed by atoms with Crippen molar-refractivity contribution in [3.63, 3.8) is 0 Å². The predicted octanol–water partition coefficient (Wildman–Crippen LogP) is 2.13. The number of hydrogen-bond donors (Lipinski definition) is 1. The van der Waals surface area contributed by atoms with Gasteiger partial charge in [0.25, 0.3) is 0 Å². The maximum atomic E-state index is 12.3. The van der Waals surface area contributed by atoms with Crippen LogP contribution >= 0.6 is 11.6 Å². The van der Waals surface area contributed by atoms with Gasteiger partial charge >= 0.3 is 6.01 Å². The fourth-order valence-electron chi connectivity index (χ4n) is 2.48. The third kappa shape index (κ3) is 3.46. The van der Waals surface area contributed by atoms with Crippen LogP contribution < -0.4 is 15.0 Å². The van der Waals surface area contributed by atoms with Crippen LogP contribution in [0.4, 0.5) is 11.4 Å². The Morgan fingerprint density at radius 1 is 1.29 bits per heavy atom. The normalized spacial score (nSPS) is 17.0. The molecule has 1 N–H and O–H groups in total. The van der Waals surface area contributed by atoms with Gasteiger partial charge in [-0.05, 0) is 24.3 Å². The Kier molecular flexibility index (Phi) is 4.61. The molecule has 1 fully saturated rings. The van der Waals surface area contributed by atoms with Crippen LogP contribution in [0.15, 0.2) is 36.7 Å². The number of anilines is 2. The Hall–Kier alpha value is -2.67. The number of nitrogens with zero attached hydrogens (tertiary/aromatic N) is 3. The molecular formula is C16H15ClN4O3. The number of aromatic nitrogens is 2. The first-order valence-electron chi connectivity index (χ1n) is 7.29. The van der Waals surface area contributed by atoms with Crippen molar-refractivity contribution in [3.05, 3.63) is 41.7 Å². The number of methoxy groups -OCH3 is 1. The molecule has 1 aromatic heterocycles. The van der Waals surface area contributed by atoms with E-state index in [1.54, 1.807) is 29.2 Å². The molecule has 0 spiro atoms. The first kappa shape index (κ1) is 16.2. The minimum absolute atomic E-state index is 0.0940. The molecule has 1 saturated heterocycles. The highest BCUT2D eigenvalue weighted by Gasteiger charge is 2.35. The Labute approximate surface area is 143 Å². The van der Waals surface area contributed by atoms with Crippen LogP contribution in [-0.4, -0.2) is 35.4 Å². The number of amides is 2. The Bertz CT molecular complexity index is 749. The summed E-state index contributed by atoms with van der Waals surface area (Å²) >= 11 is 5.86. The fourth-order valence-corrected chi connectivity index (χ4v) is 2.61. The van der Waals surface area contributed by atoms with E-state index in [0.29, 0.717) is 17.3 Å². The van der Waals surface area contributed by atoms with Crippen molar-refractivity contribution in [1.29, 1.82) is 0 Å².